The minimum atomic E-state index is 0.0360. The topological polar surface area (TPSA) is 88.2 Å². The average molecular weight is 361 g/mol. The third kappa shape index (κ3) is 3.67. The van der Waals surface area contributed by atoms with Crippen molar-refractivity contribution in [2.24, 2.45) is 0 Å². The highest BCUT2D eigenvalue weighted by molar-refractivity contribution is 5.94. The smallest absolute Gasteiger partial charge is 0.229 e. The minimum absolute atomic E-state index is 0.0360. The van der Waals surface area contributed by atoms with Crippen molar-refractivity contribution in [1.82, 2.24) is 9.97 Å². The Bertz CT molecular complexity index is 1000. The van der Waals surface area contributed by atoms with Crippen molar-refractivity contribution in [3.8, 4) is 5.75 Å². The molecule has 3 aromatic rings. The number of benzene rings is 2. The van der Waals surface area contributed by atoms with Crippen LogP contribution in [0.1, 0.15) is 22.8 Å². The third-order valence-electron chi connectivity index (χ3n) is 4.25. The molecule has 7 nitrogen and oxygen atoms in total. The highest BCUT2D eigenvalue weighted by Gasteiger charge is 2.12. The minimum Gasteiger partial charge on any atom is -0.471 e. The van der Waals surface area contributed by atoms with E-state index < -0.39 is 0 Å². The van der Waals surface area contributed by atoms with Crippen molar-refractivity contribution < 1.29 is 9.53 Å². The number of carbonyl (C=O) groups is 1. The fraction of sp³-hybridized carbons (Fsp3) is 0.150. The van der Waals surface area contributed by atoms with E-state index in [-0.39, 0.29) is 5.78 Å². The molecule has 27 heavy (non-hydrogen) atoms. The Labute approximate surface area is 156 Å². The van der Waals surface area contributed by atoms with E-state index in [1.807, 2.05) is 37.3 Å². The zero-order valence-corrected chi connectivity index (χ0v) is 15.0. The fourth-order valence-corrected chi connectivity index (χ4v) is 2.75. The number of hydrogen-bond donors (Lipinski definition) is 3. The monoisotopic (exact) mass is 361 g/mol. The molecule has 136 valence electrons. The largest absolute Gasteiger partial charge is 0.471 e. The highest BCUT2D eigenvalue weighted by Crippen LogP contribution is 2.33. The van der Waals surface area contributed by atoms with Crippen LogP contribution in [-0.4, -0.2) is 22.5 Å². The summed E-state index contributed by atoms with van der Waals surface area (Å²) in [6.45, 7) is 3.98. The molecule has 0 aliphatic carbocycles. The summed E-state index contributed by atoms with van der Waals surface area (Å²) in [5.41, 5.74) is 4.27. The van der Waals surface area contributed by atoms with Gasteiger partial charge < -0.3 is 20.7 Å². The van der Waals surface area contributed by atoms with E-state index in [1.165, 1.54) is 0 Å². The molecule has 0 spiro atoms. The van der Waals surface area contributed by atoms with Gasteiger partial charge in [0, 0.05) is 28.7 Å². The number of carbonyl (C=O) groups excluding carboxylic acids is 1. The van der Waals surface area contributed by atoms with Gasteiger partial charge in [-0.25, -0.2) is 4.98 Å². The van der Waals surface area contributed by atoms with Crippen LogP contribution in [0.2, 0.25) is 0 Å². The van der Waals surface area contributed by atoms with Crippen LogP contribution < -0.4 is 20.7 Å². The van der Waals surface area contributed by atoms with Crippen LogP contribution in [0.3, 0.4) is 0 Å². The van der Waals surface area contributed by atoms with Crippen molar-refractivity contribution in [1.29, 1.82) is 0 Å². The standard InChI is InChI=1S/C20H19N5O2/c1-12-10-21-20(24-15-5-3-14(4-6-15)13(2)26)25-19(12)23-16-7-8-18-17(9-16)22-11-27-18/h3-10,22H,11H2,1-2H3,(H2,21,23,24,25). The Balaban J connectivity index is 1.53. The highest BCUT2D eigenvalue weighted by atomic mass is 16.5. The van der Waals surface area contributed by atoms with Gasteiger partial charge in [0.15, 0.2) is 12.5 Å². The van der Waals surface area contributed by atoms with Gasteiger partial charge in [-0.3, -0.25) is 4.79 Å². The van der Waals surface area contributed by atoms with Crippen LogP contribution in [0, 0.1) is 6.92 Å². The number of nitrogens with one attached hydrogen (secondary N) is 3. The Hall–Kier alpha value is -3.61. The first-order chi connectivity index (χ1) is 13.1. The van der Waals surface area contributed by atoms with E-state index in [9.17, 15) is 4.79 Å². The van der Waals surface area contributed by atoms with Gasteiger partial charge in [-0.1, -0.05) is 0 Å². The van der Waals surface area contributed by atoms with Gasteiger partial charge in [-0.05, 0) is 56.3 Å². The van der Waals surface area contributed by atoms with Crippen LogP contribution in [0.25, 0.3) is 0 Å². The Morgan fingerprint density at radius 1 is 1.11 bits per heavy atom. The van der Waals surface area contributed by atoms with Crippen LogP contribution in [0.15, 0.2) is 48.7 Å². The van der Waals surface area contributed by atoms with E-state index in [2.05, 4.69) is 25.9 Å². The lowest BCUT2D eigenvalue weighted by molar-refractivity contribution is 0.101. The van der Waals surface area contributed by atoms with Crippen molar-refractivity contribution in [3.63, 3.8) is 0 Å². The summed E-state index contributed by atoms with van der Waals surface area (Å²) in [5.74, 6) is 2.07. The van der Waals surface area contributed by atoms with Gasteiger partial charge in [-0.15, -0.1) is 0 Å². The van der Waals surface area contributed by atoms with Gasteiger partial charge in [-0.2, -0.15) is 4.98 Å². The van der Waals surface area contributed by atoms with Crippen LogP contribution in [-0.2, 0) is 0 Å². The number of aromatic nitrogens is 2. The molecule has 3 N–H and O–H groups in total. The Kier molecular flexibility index (Phi) is 4.33. The van der Waals surface area contributed by atoms with Crippen LogP contribution in [0.4, 0.5) is 28.8 Å². The number of aryl methyl sites for hydroxylation is 1. The van der Waals surface area contributed by atoms with E-state index in [1.54, 1.807) is 25.3 Å². The van der Waals surface area contributed by atoms with E-state index in [4.69, 9.17) is 4.74 Å². The molecular weight excluding hydrogens is 342 g/mol. The number of nitrogens with zero attached hydrogens (tertiary/aromatic N) is 2. The Morgan fingerprint density at radius 3 is 2.67 bits per heavy atom. The summed E-state index contributed by atoms with van der Waals surface area (Å²) in [6, 6.07) is 13.1. The molecule has 1 aromatic heterocycles. The van der Waals surface area contributed by atoms with Gasteiger partial charge in [0.05, 0.1) is 5.69 Å². The molecule has 0 amide bonds. The molecule has 2 heterocycles. The molecule has 7 heteroatoms. The van der Waals surface area contributed by atoms with Crippen molar-refractivity contribution >= 4 is 34.6 Å². The average Bonchev–Trinajstić information content (AvgIpc) is 3.13. The molecule has 0 bridgehead atoms. The predicted molar refractivity (Wildman–Crippen MR) is 105 cm³/mol. The van der Waals surface area contributed by atoms with Gasteiger partial charge in [0.25, 0.3) is 0 Å². The molecule has 1 aliphatic rings. The number of anilines is 5. The summed E-state index contributed by atoms with van der Waals surface area (Å²) < 4.78 is 5.44. The maximum atomic E-state index is 11.4. The van der Waals surface area contributed by atoms with Crippen LogP contribution >= 0.6 is 0 Å². The lowest BCUT2D eigenvalue weighted by atomic mass is 10.1. The Morgan fingerprint density at radius 2 is 1.89 bits per heavy atom. The zero-order chi connectivity index (χ0) is 18.8. The third-order valence-corrected chi connectivity index (χ3v) is 4.25. The number of fused-ring (bicyclic) bond motifs is 1. The van der Waals surface area contributed by atoms with Gasteiger partial charge >= 0.3 is 0 Å². The lowest BCUT2D eigenvalue weighted by Gasteiger charge is -2.12. The van der Waals surface area contributed by atoms with E-state index in [0.717, 1.165) is 28.4 Å². The zero-order valence-electron chi connectivity index (χ0n) is 15.0. The first-order valence-electron chi connectivity index (χ1n) is 8.58. The maximum absolute atomic E-state index is 11.4. The molecule has 1 aliphatic heterocycles. The number of ketones is 1. The molecule has 0 unspecified atom stereocenters. The molecule has 0 saturated heterocycles. The van der Waals surface area contributed by atoms with Crippen LogP contribution in [0.5, 0.6) is 5.75 Å². The molecule has 4 rings (SSSR count). The maximum Gasteiger partial charge on any atom is 0.229 e. The summed E-state index contributed by atoms with van der Waals surface area (Å²) in [5, 5.41) is 9.65. The SMILES string of the molecule is CC(=O)c1ccc(Nc2ncc(C)c(Nc3ccc4c(c3)NCO4)n2)cc1. The second-order valence-corrected chi connectivity index (χ2v) is 6.29. The van der Waals surface area contributed by atoms with Gasteiger partial charge in [0.2, 0.25) is 5.95 Å². The van der Waals surface area contributed by atoms with Crippen molar-refractivity contribution in [3.05, 3.63) is 59.8 Å². The first-order valence-corrected chi connectivity index (χ1v) is 8.58. The van der Waals surface area contributed by atoms with Crippen molar-refractivity contribution in [2.45, 2.75) is 13.8 Å². The molecule has 0 atom stereocenters. The summed E-state index contributed by atoms with van der Waals surface area (Å²) in [6.07, 6.45) is 1.76. The summed E-state index contributed by atoms with van der Waals surface area (Å²) in [7, 11) is 0. The predicted octanol–water partition coefficient (Wildman–Crippen LogP) is 4.24. The quantitative estimate of drug-likeness (QED) is 0.586. The number of rotatable bonds is 5. The molecular formula is C20H19N5O2. The normalized spacial score (nSPS) is 11.9. The first kappa shape index (κ1) is 16.8. The van der Waals surface area contributed by atoms with Crippen molar-refractivity contribution in [2.75, 3.05) is 22.7 Å². The number of Topliss-reactive ketones (excluding diaryl/α,β-unsaturated/α-hetero) is 1. The second-order valence-electron chi connectivity index (χ2n) is 6.29. The number of hydrogen-bond acceptors (Lipinski definition) is 7. The van der Waals surface area contributed by atoms with E-state index >= 15 is 0 Å². The summed E-state index contributed by atoms with van der Waals surface area (Å²) in [4.78, 5) is 20.3. The molecule has 2 aromatic carbocycles. The number of ether oxygens (including phenoxy) is 1. The fourth-order valence-electron chi connectivity index (χ4n) is 2.75. The van der Waals surface area contributed by atoms with Gasteiger partial charge in [0.1, 0.15) is 11.6 Å². The summed E-state index contributed by atoms with van der Waals surface area (Å²) >= 11 is 0. The van der Waals surface area contributed by atoms with E-state index in [0.29, 0.717) is 24.1 Å². The molecule has 0 fully saturated rings. The second kappa shape index (κ2) is 6.95. The molecule has 0 radical (unpaired) electrons. The lowest BCUT2D eigenvalue weighted by Crippen LogP contribution is -2.03. The molecule has 0 saturated carbocycles.